The van der Waals surface area contributed by atoms with E-state index in [-0.39, 0.29) is 18.0 Å². The number of hydrazone groups is 1. The molecule has 0 saturated heterocycles. The molecular formula is C19H13N3O5. The van der Waals surface area contributed by atoms with Crippen molar-refractivity contribution in [2.24, 2.45) is 5.10 Å². The first kappa shape index (κ1) is 16.5. The third kappa shape index (κ3) is 3.15. The Morgan fingerprint density at radius 3 is 2.67 bits per heavy atom. The Hall–Kier alpha value is -3.94. The first-order valence-corrected chi connectivity index (χ1v) is 8.03. The van der Waals surface area contributed by atoms with Crippen molar-refractivity contribution in [3.05, 3.63) is 75.8 Å². The van der Waals surface area contributed by atoms with Crippen molar-refractivity contribution in [2.75, 3.05) is 6.79 Å². The maximum Gasteiger partial charge on any atom is 0.282 e. The number of rotatable bonds is 4. The summed E-state index contributed by atoms with van der Waals surface area (Å²) in [5.41, 5.74) is 2.88. The van der Waals surface area contributed by atoms with Crippen molar-refractivity contribution in [2.45, 2.75) is 0 Å². The van der Waals surface area contributed by atoms with Crippen LogP contribution in [0.2, 0.25) is 0 Å². The Morgan fingerprint density at radius 1 is 1.11 bits per heavy atom. The highest BCUT2D eigenvalue weighted by Gasteiger charge is 2.22. The van der Waals surface area contributed by atoms with Crippen LogP contribution in [0.1, 0.15) is 15.9 Å². The number of carbonyl (C=O) groups excluding carboxylic acids is 1. The van der Waals surface area contributed by atoms with Gasteiger partial charge in [0.05, 0.1) is 22.8 Å². The number of hydrogen-bond acceptors (Lipinski definition) is 6. The minimum Gasteiger partial charge on any atom is -0.454 e. The van der Waals surface area contributed by atoms with Gasteiger partial charge >= 0.3 is 0 Å². The second-order valence-electron chi connectivity index (χ2n) is 5.75. The maximum absolute atomic E-state index is 12.5. The fourth-order valence-corrected chi connectivity index (χ4v) is 2.85. The van der Waals surface area contributed by atoms with E-state index in [2.05, 4.69) is 10.5 Å². The number of nitrogens with one attached hydrogen (secondary N) is 1. The molecule has 4 rings (SSSR count). The van der Waals surface area contributed by atoms with E-state index in [4.69, 9.17) is 9.47 Å². The lowest BCUT2D eigenvalue weighted by Gasteiger charge is -2.05. The molecule has 134 valence electrons. The Bertz CT molecular complexity index is 1090. The molecule has 0 aromatic heterocycles. The van der Waals surface area contributed by atoms with E-state index in [0.29, 0.717) is 17.1 Å². The molecule has 0 radical (unpaired) electrons. The van der Waals surface area contributed by atoms with Gasteiger partial charge in [0.2, 0.25) is 6.79 Å². The summed E-state index contributed by atoms with van der Waals surface area (Å²) in [6.45, 7) is 0.00486. The van der Waals surface area contributed by atoms with Gasteiger partial charge in [0.15, 0.2) is 11.5 Å². The summed E-state index contributed by atoms with van der Waals surface area (Å²) in [4.78, 5) is 23.2. The number of fused-ring (bicyclic) bond motifs is 2. The van der Waals surface area contributed by atoms with Crippen molar-refractivity contribution in [1.82, 2.24) is 5.43 Å². The molecule has 3 aromatic rings. The molecule has 1 heterocycles. The van der Waals surface area contributed by atoms with E-state index in [1.54, 1.807) is 12.1 Å². The first-order chi connectivity index (χ1) is 13.1. The summed E-state index contributed by atoms with van der Waals surface area (Å²) in [6, 6.07) is 15.6. The Balaban J connectivity index is 1.59. The summed E-state index contributed by atoms with van der Waals surface area (Å²) >= 11 is 0. The third-order valence-corrected chi connectivity index (χ3v) is 4.12. The van der Waals surface area contributed by atoms with Crippen LogP contribution in [0, 0.1) is 10.1 Å². The quantitative estimate of drug-likeness (QED) is 0.435. The molecule has 0 spiro atoms. The smallest absolute Gasteiger partial charge is 0.282 e. The van der Waals surface area contributed by atoms with Crippen molar-refractivity contribution in [3.63, 3.8) is 0 Å². The highest BCUT2D eigenvalue weighted by atomic mass is 16.7. The zero-order chi connectivity index (χ0) is 18.8. The number of benzene rings is 3. The fourth-order valence-electron chi connectivity index (χ4n) is 2.85. The van der Waals surface area contributed by atoms with Crippen LogP contribution < -0.4 is 14.9 Å². The molecule has 3 aromatic carbocycles. The van der Waals surface area contributed by atoms with Crippen molar-refractivity contribution < 1.29 is 19.2 Å². The van der Waals surface area contributed by atoms with Crippen LogP contribution in [0.15, 0.2) is 59.7 Å². The van der Waals surface area contributed by atoms with Gasteiger partial charge in [0.1, 0.15) is 0 Å². The van der Waals surface area contributed by atoms with Gasteiger partial charge < -0.3 is 9.47 Å². The lowest BCUT2D eigenvalue weighted by molar-refractivity contribution is -0.385. The van der Waals surface area contributed by atoms with Crippen LogP contribution in [0.5, 0.6) is 11.5 Å². The highest BCUT2D eigenvalue weighted by Crippen LogP contribution is 2.37. The number of ether oxygens (including phenoxy) is 2. The topological polar surface area (TPSA) is 103 Å². The SMILES string of the molecule is O=C(NN=Cc1cc2c(cc1[N+](=O)[O-])OCO2)c1cccc2ccccc12. The monoisotopic (exact) mass is 363 g/mol. The summed E-state index contributed by atoms with van der Waals surface area (Å²) in [5, 5.41) is 16.8. The van der Waals surface area contributed by atoms with Crippen molar-refractivity contribution >= 4 is 28.6 Å². The number of amides is 1. The Kier molecular flexibility index (Phi) is 4.13. The largest absolute Gasteiger partial charge is 0.454 e. The fraction of sp³-hybridized carbons (Fsp3) is 0.0526. The molecule has 8 heteroatoms. The van der Waals surface area contributed by atoms with Gasteiger partial charge in [-0.2, -0.15) is 5.10 Å². The molecule has 1 amide bonds. The number of nitro groups is 1. The Morgan fingerprint density at radius 2 is 1.85 bits per heavy atom. The standard InChI is InChI=1S/C19H13N3O5/c23-19(15-7-3-5-12-4-1-2-6-14(12)15)21-20-10-13-8-17-18(27-11-26-17)9-16(13)22(24)25/h1-10H,11H2,(H,21,23). The zero-order valence-electron chi connectivity index (χ0n) is 13.9. The van der Waals surface area contributed by atoms with Crippen LogP contribution in [0.3, 0.4) is 0 Å². The van der Waals surface area contributed by atoms with E-state index in [1.165, 1.54) is 18.3 Å². The second kappa shape index (κ2) is 6.75. The molecule has 8 nitrogen and oxygen atoms in total. The van der Waals surface area contributed by atoms with Gasteiger partial charge in [-0.15, -0.1) is 0 Å². The summed E-state index contributed by atoms with van der Waals surface area (Å²) in [6.07, 6.45) is 1.21. The van der Waals surface area contributed by atoms with Crippen LogP contribution >= 0.6 is 0 Å². The van der Waals surface area contributed by atoms with Gasteiger partial charge in [0, 0.05) is 5.56 Å². The maximum atomic E-state index is 12.5. The minimum atomic E-state index is -0.546. The second-order valence-corrected chi connectivity index (χ2v) is 5.75. The normalized spacial score (nSPS) is 12.4. The molecule has 1 aliphatic heterocycles. The summed E-state index contributed by atoms with van der Waals surface area (Å²) < 4.78 is 10.4. The average molecular weight is 363 g/mol. The van der Waals surface area contributed by atoms with Crippen LogP contribution in [0.4, 0.5) is 5.69 Å². The lowest BCUT2D eigenvalue weighted by atomic mass is 10.0. The van der Waals surface area contributed by atoms with Crippen molar-refractivity contribution in [1.29, 1.82) is 0 Å². The molecule has 1 aliphatic rings. The van der Waals surface area contributed by atoms with E-state index < -0.39 is 10.8 Å². The number of nitro benzene ring substituents is 1. The Labute approximate surface area is 153 Å². The number of nitrogens with zero attached hydrogens (tertiary/aromatic N) is 2. The molecule has 0 unspecified atom stereocenters. The average Bonchev–Trinajstić information content (AvgIpc) is 3.14. The predicted molar refractivity (Wildman–Crippen MR) is 98.2 cm³/mol. The highest BCUT2D eigenvalue weighted by molar-refractivity contribution is 6.07. The van der Waals surface area contributed by atoms with E-state index in [1.807, 2.05) is 30.3 Å². The third-order valence-electron chi connectivity index (χ3n) is 4.12. The molecule has 0 aliphatic carbocycles. The van der Waals surface area contributed by atoms with Gasteiger partial charge in [0.25, 0.3) is 11.6 Å². The van der Waals surface area contributed by atoms with E-state index >= 15 is 0 Å². The summed E-state index contributed by atoms with van der Waals surface area (Å²) in [5.74, 6) is 0.285. The molecule has 0 bridgehead atoms. The lowest BCUT2D eigenvalue weighted by Crippen LogP contribution is -2.18. The van der Waals surface area contributed by atoms with Gasteiger partial charge in [-0.25, -0.2) is 5.43 Å². The molecule has 0 saturated carbocycles. The van der Waals surface area contributed by atoms with Crippen molar-refractivity contribution in [3.8, 4) is 11.5 Å². The van der Waals surface area contributed by atoms with Gasteiger partial charge in [-0.1, -0.05) is 36.4 Å². The van der Waals surface area contributed by atoms with Gasteiger partial charge in [-0.05, 0) is 22.9 Å². The number of carbonyl (C=O) groups is 1. The predicted octanol–water partition coefficient (Wildman–Crippen LogP) is 3.24. The van der Waals surface area contributed by atoms with Crippen LogP contribution in [0.25, 0.3) is 10.8 Å². The molecule has 27 heavy (non-hydrogen) atoms. The zero-order valence-corrected chi connectivity index (χ0v) is 13.9. The van der Waals surface area contributed by atoms with Gasteiger partial charge in [-0.3, -0.25) is 14.9 Å². The minimum absolute atomic E-state index is 0.00486. The molecule has 1 N–H and O–H groups in total. The summed E-state index contributed by atoms with van der Waals surface area (Å²) in [7, 11) is 0. The molecule has 0 fully saturated rings. The van der Waals surface area contributed by atoms with Crippen LogP contribution in [-0.2, 0) is 0 Å². The number of hydrogen-bond donors (Lipinski definition) is 1. The van der Waals surface area contributed by atoms with E-state index in [0.717, 1.165) is 10.8 Å². The van der Waals surface area contributed by atoms with E-state index in [9.17, 15) is 14.9 Å². The molecular weight excluding hydrogens is 350 g/mol. The van der Waals surface area contributed by atoms with Crippen LogP contribution in [-0.4, -0.2) is 23.8 Å². The first-order valence-electron chi connectivity index (χ1n) is 8.03. The molecule has 0 atom stereocenters.